The Labute approximate surface area is 184 Å². The van der Waals surface area contributed by atoms with E-state index in [-0.39, 0.29) is 0 Å². The largest absolute Gasteiger partial charge is 0.497 e. The van der Waals surface area contributed by atoms with E-state index in [0.717, 1.165) is 5.56 Å². The number of anilines is 1. The Bertz CT molecular complexity index is 1140. The van der Waals surface area contributed by atoms with Crippen molar-refractivity contribution in [2.24, 2.45) is 5.10 Å². The fraction of sp³-hybridized carbons (Fsp3) is 0.0833. The molecule has 32 heavy (non-hydrogen) atoms. The van der Waals surface area contributed by atoms with E-state index in [9.17, 15) is 14.4 Å². The summed E-state index contributed by atoms with van der Waals surface area (Å²) in [7, 11) is 1.50. The van der Waals surface area contributed by atoms with E-state index in [4.69, 9.17) is 9.47 Å². The first kappa shape index (κ1) is 22.2. The highest BCUT2D eigenvalue weighted by atomic mass is 16.5. The van der Waals surface area contributed by atoms with E-state index in [2.05, 4.69) is 15.8 Å². The minimum absolute atomic E-state index is 0.370. The van der Waals surface area contributed by atoms with Crippen LogP contribution in [0.4, 0.5) is 5.69 Å². The Morgan fingerprint density at radius 2 is 1.59 bits per heavy atom. The van der Waals surface area contributed by atoms with Gasteiger partial charge in [-0.05, 0) is 61.0 Å². The van der Waals surface area contributed by atoms with Crippen LogP contribution in [0, 0.1) is 6.92 Å². The monoisotopic (exact) mass is 431 g/mol. The molecule has 0 aliphatic heterocycles. The first-order valence-electron chi connectivity index (χ1n) is 9.62. The topological polar surface area (TPSA) is 106 Å². The number of amides is 2. The number of hydrazone groups is 1. The summed E-state index contributed by atoms with van der Waals surface area (Å²) in [4.78, 5) is 36.0. The van der Waals surface area contributed by atoms with Crippen molar-refractivity contribution >= 4 is 29.7 Å². The zero-order chi connectivity index (χ0) is 22.9. The lowest BCUT2D eigenvalue weighted by Gasteiger charge is -2.06. The maximum Gasteiger partial charge on any atom is 0.343 e. The van der Waals surface area contributed by atoms with Crippen LogP contribution in [0.15, 0.2) is 77.9 Å². The van der Waals surface area contributed by atoms with Gasteiger partial charge in [0.2, 0.25) is 0 Å². The molecule has 0 aliphatic carbocycles. The van der Waals surface area contributed by atoms with Crippen molar-refractivity contribution in [3.63, 3.8) is 0 Å². The van der Waals surface area contributed by atoms with Crippen molar-refractivity contribution in [1.82, 2.24) is 5.43 Å². The third kappa shape index (κ3) is 6.27. The molecule has 0 bridgehead atoms. The Morgan fingerprint density at radius 3 is 2.28 bits per heavy atom. The SMILES string of the molecule is COc1cccc(NC(=O)C(=O)N/N=C/c2ccc(OC(=O)c3ccc(C)cc3)cc2)c1. The molecule has 0 atom stereocenters. The van der Waals surface area contributed by atoms with Crippen LogP contribution in [0.3, 0.4) is 0 Å². The van der Waals surface area contributed by atoms with Crippen LogP contribution >= 0.6 is 0 Å². The van der Waals surface area contributed by atoms with Gasteiger partial charge in [0.1, 0.15) is 11.5 Å². The van der Waals surface area contributed by atoms with Gasteiger partial charge in [-0.3, -0.25) is 9.59 Å². The molecule has 2 N–H and O–H groups in total. The highest BCUT2D eigenvalue weighted by molar-refractivity contribution is 6.39. The van der Waals surface area contributed by atoms with Crippen LogP contribution in [-0.4, -0.2) is 31.1 Å². The predicted octanol–water partition coefficient (Wildman–Crippen LogP) is 3.31. The number of carbonyl (C=O) groups excluding carboxylic acids is 3. The minimum atomic E-state index is -0.923. The number of carbonyl (C=O) groups is 3. The molecule has 3 aromatic rings. The molecule has 2 amide bonds. The summed E-state index contributed by atoms with van der Waals surface area (Å²) in [6, 6.07) is 20.2. The van der Waals surface area contributed by atoms with Gasteiger partial charge in [-0.1, -0.05) is 23.8 Å². The second-order valence-electron chi connectivity index (χ2n) is 6.71. The lowest BCUT2D eigenvalue weighted by Crippen LogP contribution is -2.32. The van der Waals surface area contributed by atoms with Gasteiger partial charge in [-0.2, -0.15) is 5.10 Å². The summed E-state index contributed by atoms with van der Waals surface area (Å²) in [6.45, 7) is 1.94. The molecule has 8 nitrogen and oxygen atoms in total. The van der Waals surface area contributed by atoms with Crippen molar-refractivity contribution < 1.29 is 23.9 Å². The average Bonchev–Trinajstić information content (AvgIpc) is 2.80. The molecule has 0 saturated heterocycles. The zero-order valence-electron chi connectivity index (χ0n) is 17.5. The van der Waals surface area contributed by atoms with E-state index >= 15 is 0 Å². The first-order chi connectivity index (χ1) is 15.4. The third-order valence-corrected chi connectivity index (χ3v) is 4.29. The number of ether oxygens (including phenoxy) is 2. The molecular formula is C24H21N3O5. The summed E-state index contributed by atoms with van der Waals surface area (Å²) < 4.78 is 10.4. The van der Waals surface area contributed by atoms with Gasteiger partial charge in [-0.15, -0.1) is 0 Å². The highest BCUT2D eigenvalue weighted by Gasteiger charge is 2.13. The Morgan fingerprint density at radius 1 is 0.875 bits per heavy atom. The van der Waals surface area contributed by atoms with Gasteiger partial charge in [0.05, 0.1) is 18.9 Å². The van der Waals surface area contributed by atoms with Crippen molar-refractivity contribution in [1.29, 1.82) is 0 Å². The summed E-state index contributed by atoms with van der Waals surface area (Å²) in [6.07, 6.45) is 1.36. The number of rotatable bonds is 6. The van der Waals surface area contributed by atoms with Gasteiger partial charge in [-0.25, -0.2) is 10.2 Å². The Hall–Kier alpha value is -4.46. The first-order valence-corrected chi connectivity index (χ1v) is 9.62. The number of nitrogens with zero attached hydrogens (tertiary/aromatic N) is 1. The maximum atomic E-state index is 12.1. The van der Waals surface area contributed by atoms with Gasteiger partial charge >= 0.3 is 17.8 Å². The fourth-order valence-electron chi connectivity index (χ4n) is 2.58. The highest BCUT2D eigenvalue weighted by Crippen LogP contribution is 2.16. The van der Waals surface area contributed by atoms with Crippen molar-refractivity contribution in [2.45, 2.75) is 6.92 Å². The molecule has 0 spiro atoms. The molecule has 162 valence electrons. The van der Waals surface area contributed by atoms with Crippen LogP contribution in [0.5, 0.6) is 11.5 Å². The van der Waals surface area contributed by atoms with Gasteiger partial charge in [0.25, 0.3) is 0 Å². The summed E-state index contributed by atoms with van der Waals surface area (Å²) in [5.74, 6) is -1.33. The minimum Gasteiger partial charge on any atom is -0.497 e. The molecule has 0 radical (unpaired) electrons. The maximum absolute atomic E-state index is 12.1. The van der Waals surface area contributed by atoms with Crippen LogP contribution < -0.4 is 20.2 Å². The summed E-state index contributed by atoms with van der Waals surface area (Å²) >= 11 is 0. The molecule has 0 fully saturated rings. The predicted molar refractivity (Wildman–Crippen MR) is 120 cm³/mol. The quantitative estimate of drug-likeness (QED) is 0.205. The second kappa shape index (κ2) is 10.5. The molecule has 3 rings (SSSR count). The van der Waals surface area contributed by atoms with E-state index in [1.807, 2.05) is 19.1 Å². The molecule has 0 aromatic heterocycles. The van der Waals surface area contributed by atoms with Crippen molar-refractivity contribution in [3.05, 3.63) is 89.5 Å². The summed E-state index contributed by atoms with van der Waals surface area (Å²) in [5.41, 5.74) is 4.71. The number of hydrogen-bond acceptors (Lipinski definition) is 6. The molecule has 0 aliphatic rings. The molecule has 0 heterocycles. The summed E-state index contributed by atoms with van der Waals surface area (Å²) in [5, 5.41) is 6.22. The molecule has 3 aromatic carbocycles. The lowest BCUT2D eigenvalue weighted by atomic mass is 10.1. The molecule has 0 unspecified atom stereocenters. The van der Waals surface area contributed by atoms with Crippen molar-refractivity contribution in [2.75, 3.05) is 12.4 Å². The average molecular weight is 431 g/mol. The van der Waals surface area contributed by atoms with Gasteiger partial charge < -0.3 is 14.8 Å². The fourth-order valence-corrected chi connectivity index (χ4v) is 2.58. The smallest absolute Gasteiger partial charge is 0.343 e. The number of benzene rings is 3. The van der Waals surface area contributed by atoms with E-state index in [0.29, 0.717) is 28.3 Å². The lowest BCUT2D eigenvalue weighted by molar-refractivity contribution is -0.136. The van der Waals surface area contributed by atoms with Crippen molar-refractivity contribution in [3.8, 4) is 11.5 Å². The zero-order valence-corrected chi connectivity index (χ0v) is 17.5. The van der Waals surface area contributed by atoms with Gasteiger partial charge in [0.15, 0.2) is 0 Å². The number of methoxy groups -OCH3 is 1. The standard InChI is InChI=1S/C24H21N3O5/c1-16-6-10-18(11-7-16)24(30)32-20-12-8-17(9-13-20)15-25-27-23(29)22(28)26-19-4-3-5-21(14-19)31-2/h3-15H,1-2H3,(H,26,28)(H,27,29)/b25-15+. The normalized spacial score (nSPS) is 10.4. The van der Waals surface area contributed by atoms with E-state index < -0.39 is 17.8 Å². The van der Waals surface area contributed by atoms with Crippen LogP contribution in [-0.2, 0) is 9.59 Å². The Kier molecular flexibility index (Phi) is 7.32. The second-order valence-corrected chi connectivity index (χ2v) is 6.71. The van der Waals surface area contributed by atoms with Gasteiger partial charge in [0, 0.05) is 11.8 Å². The molecular weight excluding hydrogens is 410 g/mol. The Balaban J connectivity index is 1.50. The van der Waals surface area contributed by atoms with E-state index in [1.165, 1.54) is 13.3 Å². The number of esters is 1. The number of nitrogens with one attached hydrogen (secondary N) is 2. The third-order valence-electron chi connectivity index (χ3n) is 4.29. The van der Waals surface area contributed by atoms with Crippen LogP contribution in [0.1, 0.15) is 21.5 Å². The molecule has 0 saturated carbocycles. The number of hydrogen-bond donors (Lipinski definition) is 2. The number of aryl methyl sites for hydroxylation is 1. The molecule has 8 heteroatoms. The van der Waals surface area contributed by atoms with Crippen LogP contribution in [0.2, 0.25) is 0 Å². The van der Waals surface area contributed by atoms with Crippen LogP contribution in [0.25, 0.3) is 0 Å². The van der Waals surface area contributed by atoms with E-state index in [1.54, 1.807) is 60.7 Å².